The molecule has 0 bridgehead atoms. The molecule has 3 rings (SSSR count). The first-order valence-electron chi connectivity index (χ1n) is 8.84. The quantitative estimate of drug-likeness (QED) is 0.379. The Balaban J connectivity index is 1.72. The molecular formula is C22H17Cl2N3O3. The van der Waals surface area contributed by atoms with Crippen molar-refractivity contribution in [1.82, 2.24) is 5.43 Å². The molecule has 0 atom stereocenters. The van der Waals surface area contributed by atoms with Gasteiger partial charge in [-0.15, -0.1) is 0 Å². The van der Waals surface area contributed by atoms with E-state index in [1.54, 1.807) is 55.5 Å². The van der Waals surface area contributed by atoms with Crippen LogP contribution in [0.1, 0.15) is 33.2 Å². The Morgan fingerprint density at radius 2 is 1.67 bits per heavy atom. The Morgan fingerprint density at radius 3 is 2.40 bits per heavy atom. The van der Waals surface area contributed by atoms with E-state index in [9.17, 15) is 14.7 Å². The van der Waals surface area contributed by atoms with Gasteiger partial charge in [-0.2, -0.15) is 5.10 Å². The van der Waals surface area contributed by atoms with Crippen LogP contribution in [0, 0.1) is 0 Å². The summed E-state index contributed by atoms with van der Waals surface area (Å²) < 4.78 is 0. The van der Waals surface area contributed by atoms with E-state index in [0.717, 1.165) is 0 Å². The van der Waals surface area contributed by atoms with E-state index in [-0.39, 0.29) is 22.2 Å². The fraction of sp³-hybridized carbons (Fsp3) is 0.0455. The van der Waals surface area contributed by atoms with Crippen LogP contribution >= 0.6 is 23.2 Å². The Kier molecular flexibility index (Phi) is 6.72. The standard InChI is InChI=1S/C22H17Cl2N3O3/c1-13(26-27-22(30)18-7-2-3-8-20(18)28)14-5-4-6-16(11-14)25-21(29)17-10-9-15(23)12-19(17)24/h2-12,28H,1H3,(H,25,29)(H,27,30). The molecule has 0 spiro atoms. The molecule has 0 unspecified atom stereocenters. The number of hydrogen-bond donors (Lipinski definition) is 3. The normalized spacial score (nSPS) is 11.1. The van der Waals surface area contributed by atoms with Crippen molar-refractivity contribution in [3.8, 4) is 5.75 Å². The van der Waals surface area contributed by atoms with Crippen molar-refractivity contribution in [2.75, 3.05) is 5.32 Å². The largest absolute Gasteiger partial charge is 0.507 e. The van der Waals surface area contributed by atoms with Gasteiger partial charge in [0, 0.05) is 10.7 Å². The predicted octanol–water partition coefficient (Wildman–Crippen LogP) is 5.11. The molecule has 0 radical (unpaired) electrons. The third-order valence-electron chi connectivity index (χ3n) is 4.19. The summed E-state index contributed by atoms with van der Waals surface area (Å²) in [5.41, 5.74) is 4.56. The highest BCUT2D eigenvalue weighted by Crippen LogP contribution is 2.22. The second kappa shape index (κ2) is 9.43. The second-order valence-electron chi connectivity index (χ2n) is 6.31. The van der Waals surface area contributed by atoms with E-state index in [0.29, 0.717) is 27.5 Å². The minimum Gasteiger partial charge on any atom is -0.507 e. The molecule has 0 aromatic heterocycles. The third kappa shape index (κ3) is 5.17. The van der Waals surface area contributed by atoms with Gasteiger partial charge >= 0.3 is 0 Å². The maximum absolute atomic E-state index is 12.5. The van der Waals surface area contributed by atoms with Crippen molar-refractivity contribution in [1.29, 1.82) is 0 Å². The van der Waals surface area contributed by atoms with Crippen molar-refractivity contribution >= 4 is 46.4 Å². The number of halogens is 2. The lowest BCUT2D eigenvalue weighted by Gasteiger charge is -2.09. The van der Waals surface area contributed by atoms with Gasteiger partial charge in [0.2, 0.25) is 0 Å². The summed E-state index contributed by atoms with van der Waals surface area (Å²) in [6.45, 7) is 1.71. The number of nitrogens with zero attached hydrogens (tertiary/aromatic N) is 1. The van der Waals surface area contributed by atoms with Gasteiger partial charge < -0.3 is 10.4 Å². The average Bonchev–Trinajstić information content (AvgIpc) is 2.72. The number of aromatic hydroxyl groups is 1. The number of hydrogen-bond acceptors (Lipinski definition) is 4. The van der Waals surface area contributed by atoms with Gasteiger partial charge in [-0.05, 0) is 55.0 Å². The van der Waals surface area contributed by atoms with Gasteiger partial charge in [-0.25, -0.2) is 5.43 Å². The summed E-state index contributed by atoms with van der Waals surface area (Å²) in [6.07, 6.45) is 0. The molecule has 3 aromatic carbocycles. The van der Waals surface area contributed by atoms with Gasteiger partial charge in [0.1, 0.15) is 5.75 Å². The van der Waals surface area contributed by atoms with Crippen LogP contribution in [0.3, 0.4) is 0 Å². The van der Waals surface area contributed by atoms with Crippen LogP contribution in [0.4, 0.5) is 5.69 Å². The van der Waals surface area contributed by atoms with E-state index >= 15 is 0 Å². The zero-order valence-corrected chi connectivity index (χ0v) is 17.3. The number of anilines is 1. The van der Waals surface area contributed by atoms with E-state index in [4.69, 9.17) is 23.2 Å². The number of phenols is 1. The molecule has 8 heteroatoms. The molecule has 6 nitrogen and oxygen atoms in total. The van der Waals surface area contributed by atoms with Crippen LogP contribution in [0.5, 0.6) is 5.75 Å². The topological polar surface area (TPSA) is 90.8 Å². The number of carbonyl (C=O) groups excluding carboxylic acids is 2. The van der Waals surface area contributed by atoms with Crippen LogP contribution in [0.2, 0.25) is 10.0 Å². The molecule has 0 aliphatic carbocycles. The number of phenolic OH excluding ortho intramolecular Hbond substituents is 1. The monoisotopic (exact) mass is 441 g/mol. The summed E-state index contributed by atoms with van der Waals surface area (Å²) in [4.78, 5) is 24.7. The number of benzene rings is 3. The Bertz CT molecular complexity index is 1150. The predicted molar refractivity (Wildman–Crippen MR) is 119 cm³/mol. The fourth-order valence-electron chi connectivity index (χ4n) is 2.62. The molecule has 2 amide bonds. The molecule has 30 heavy (non-hydrogen) atoms. The van der Waals surface area contributed by atoms with Crippen LogP contribution < -0.4 is 10.7 Å². The third-order valence-corrected chi connectivity index (χ3v) is 4.74. The van der Waals surface area contributed by atoms with Gasteiger partial charge in [-0.1, -0.05) is 47.5 Å². The maximum atomic E-state index is 12.5. The van der Waals surface area contributed by atoms with Gasteiger partial charge in [0.25, 0.3) is 11.8 Å². The van der Waals surface area contributed by atoms with E-state index < -0.39 is 5.91 Å². The molecule has 3 aromatic rings. The van der Waals surface area contributed by atoms with Crippen LogP contribution in [-0.4, -0.2) is 22.6 Å². The molecule has 0 aliphatic heterocycles. The number of amides is 2. The number of nitrogens with one attached hydrogen (secondary N) is 2. The molecule has 0 saturated heterocycles. The first-order valence-corrected chi connectivity index (χ1v) is 9.60. The Hall–Kier alpha value is -3.35. The molecule has 0 saturated carbocycles. The van der Waals surface area contributed by atoms with E-state index in [1.165, 1.54) is 18.2 Å². The van der Waals surface area contributed by atoms with E-state index in [2.05, 4.69) is 15.8 Å². The maximum Gasteiger partial charge on any atom is 0.275 e. The minimum absolute atomic E-state index is 0.120. The lowest BCUT2D eigenvalue weighted by Crippen LogP contribution is -2.19. The van der Waals surface area contributed by atoms with Crippen LogP contribution in [-0.2, 0) is 0 Å². The first kappa shape index (κ1) is 21.4. The molecular weight excluding hydrogens is 425 g/mol. The fourth-order valence-corrected chi connectivity index (χ4v) is 3.11. The van der Waals surface area contributed by atoms with Gasteiger partial charge in [0.05, 0.1) is 21.9 Å². The average molecular weight is 442 g/mol. The number of carbonyl (C=O) groups is 2. The summed E-state index contributed by atoms with van der Waals surface area (Å²) in [5.74, 6) is -1.04. The Morgan fingerprint density at radius 1 is 0.900 bits per heavy atom. The molecule has 0 aliphatic rings. The zero-order valence-electron chi connectivity index (χ0n) is 15.8. The second-order valence-corrected chi connectivity index (χ2v) is 7.16. The van der Waals surface area contributed by atoms with E-state index in [1.807, 2.05) is 0 Å². The molecule has 152 valence electrons. The van der Waals surface area contributed by atoms with Crippen LogP contribution in [0.25, 0.3) is 0 Å². The number of hydrazone groups is 1. The Labute approximate surface area is 183 Å². The SMILES string of the molecule is CC(=NNC(=O)c1ccccc1O)c1cccc(NC(=O)c2ccc(Cl)cc2Cl)c1. The summed E-state index contributed by atoms with van der Waals surface area (Å²) in [6, 6.07) is 17.8. The minimum atomic E-state index is -0.533. The molecule has 3 N–H and O–H groups in total. The van der Waals surface area contributed by atoms with Gasteiger partial charge in [0.15, 0.2) is 0 Å². The number of para-hydroxylation sites is 1. The molecule has 0 heterocycles. The smallest absolute Gasteiger partial charge is 0.275 e. The summed E-state index contributed by atoms with van der Waals surface area (Å²) in [5, 5.41) is 17.3. The van der Waals surface area contributed by atoms with Crippen molar-refractivity contribution in [2.24, 2.45) is 5.10 Å². The van der Waals surface area contributed by atoms with Crippen LogP contribution in [0.15, 0.2) is 71.8 Å². The highest BCUT2D eigenvalue weighted by molar-refractivity contribution is 6.37. The lowest BCUT2D eigenvalue weighted by molar-refractivity contribution is 0.0951. The van der Waals surface area contributed by atoms with Crippen molar-refractivity contribution in [3.63, 3.8) is 0 Å². The first-order chi connectivity index (χ1) is 14.3. The highest BCUT2D eigenvalue weighted by Gasteiger charge is 2.12. The van der Waals surface area contributed by atoms with Gasteiger partial charge in [-0.3, -0.25) is 9.59 Å². The zero-order chi connectivity index (χ0) is 21.7. The summed E-state index contributed by atoms with van der Waals surface area (Å²) in [7, 11) is 0. The summed E-state index contributed by atoms with van der Waals surface area (Å²) >= 11 is 11.9. The lowest BCUT2D eigenvalue weighted by atomic mass is 10.1. The number of rotatable bonds is 5. The highest BCUT2D eigenvalue weighted by atomic mass is 35.5. The van der Waals surface area contributed by atoms with Crippen molar-refractivity contribution in [3.05, 3.63) is 93.5 Å². The van der Waals surface area contributed by atoms with Crippen molar-refractivity contribution < 1.29 is 14.7 Å². The van der Waals surface area contributed by atoms with Crippen molar-refractivity contribution in [2.45, 2.75) is 6.92 Å². The molecule has 0 fully saturated rings.